The standard InChI is InChI=1S/C25H25N5OS/c1-16-11-17(2)28-25(27-16)32-15-24(31)29-26-14-22-12-18(3)30(19(22)4)23-10-9-20-7-5-6-8-21(20)13-23/h5-14H,15H2,1-4H3,(H,29,31)/b26-14-. The van der Waals surface area contributed by atoms with E-state index in [1.165, 1.54) is 22.5 Å². The average molecular weight is 444 g/mol. The molecule has 0 saturated carbocycles. The van der Waals surface area contributed by atoms with Gasteiger partial charge in [0.2, 0.25) is 0 Å². The van der Waals surface area contributed by atoms with Gasteiger partial charge in [0, 0.05) is 34.0 Å². The first-order chi connectivity index (χ1) is 15.4. The van der Waals surface area contributed by atoms with Crippen molar-refractivity contribution in [3.8, 4) is 5.69 Å². The van der Waals surface area contributed by atoms with E-state index in [0.29, 0.717) is 5.16 Å². The summed E-state index contributed by atoms with van der Waals surface area (Å²) in [6.45, 7) is 7.95. The molecule has 4 aromatic rings. The van der Waals surface area contributed by atoms with Crippen LogP contribution in [-0.2, 0) is 4.79 Å². The highest BCUT2D eigenvalue weighted by atomic mass is 32.2. The number of benzene rings is 2. The Morgan fingerprint density at radius 1 is 1.00 bits per heavy atom. The molecule has 0 atom stereocenters. The number of hydrazone groups is 1. The van der Waals surface area contributed by atoms with Crippen molar-refractivity contribution in [2.24, 2.45) is 5.10 Å². The third-order valence-corrected chi connectivity index (χ3v) is 6.00. The van der Waals surface area contributed by atoms with Crippen LogP contribution in [-0.4, -0.2) is 32.4 Å². The Kier molecular flexibility index (Phi) is 6.37. The molecule has 4 rings (SSSR count). The van der Waals surface area contributed by atoms with E-state index in [4.69, 9.17) is 0 Å². The van der Waals surface area contributed by atoms with E-state index < -0.39 is 0 Å². The van der Waals surface area contributed by atoms with Gasteiger partial charge in [0.1, 0.15) is 0 Å². The molecule has 2 aromatic carbocycles. The van der Waals surface area contributed by atoms with Crippen molar-refractivity contribution < 1.29 is 4.79 Å². The van der Waals surface area contributed by atoms with E-state index in [0.717, 1.165) is 34.0 Å². The minimum Gasteiger partial charge on any atom is -0.318 e. The molecule has 1 N–H and O–H groups in total. The van der Waals surface area contributed by atoms with Crippen molar-refractivity contribution in [3.63, 3.8) is 0 Å². The van der Waals surface area contributed by atoms with Crippen LogP contribution in [0.2, 0.25) is 0 Å². The van der Waals surface area contributed by atoms with Gasteiger partial charge >= 0.3 is 0 Å². The second kappa shape index (κ2) is 9.36. The van der Waals surface area contributed by atoms with Crippen molar-refractivity contribution >= 4 is 34.7 Å². The number of aryl methyl sites for hydroxylation is 3. The van der Waals surface area contributed by atoms with Crippen LogP contribution in [0.25, 0.3) is 16.5 Å². The SMILES string of the molecule is Cc1cc(C)nc(SCC(=O)N/N=C\c2cc(C)n(-c3ccc4ccccc4c3)c2C)n1. The number of nitrogens with one attached hydrogen (secondary N) is 1. The van der Waals surface area contributed by atoms with Crippen molar-refractivity contribution in [2.75, 3.05) is 5.75 Å². The average Bonchev–Trinajstić information content (AvgIpc) is 3.04. The molecule has 6 nitrogen and oxygen atoms in total. The lowest BCUT2D eigenvalue weighted by Crippen LogP contribution is -2.19. The first-order valence-electron chi connectivity index (χ1n) is 10.4. The number of aromatic nitrogens is 3. The molecule has 0 aliphatic rings. The van der Waals surface area contributed by atoms with Crippen LogP contribution in [0.15, 0.2) is 64.9 Å². The Bertz CT molecular complexity index is 1310. The lowest BCUT2D eigenvalue weighted by atomic mass is 10.1. The van der Waals surface area contributed by atoms with E-state index in [9.17, 15) is 4.79 Å². The second-order valence-corrected chi connectivity index (χ2v) is 8.65. The smallest absolute Gasteiger partial charge is 0.250 e. The molecular weight excluding hydrogens is 418 g/mol. The summed E-state index contributed by atoms with van der Waals surface area (Å²) in [5.74, 6) is 0.00781. The zero-order valence-electron chi connectivity index (χ0n) is 18.6. The van der Waals surface area contributed by atoms with Gasteiger partial charge in [-0.25, -0.2) is 15.4 Å². The third kappa shape index (κ3) is 4.89. The fourth-order valence-corrected chi connectivity index (χ4v) is 4.47. The molecule has 0 radical (unpaired) electrons. The largest absolute Gasteiger partial charge is 0.318 e. The molecule has 0 bridgehead atoms. The number of rotatable bonds is 6. The van der Waals surface area contributed by atoms with Crippen LogP contribution < -0.4 is 5.43 Å². The summed E-state index contributed by atoms with van der Waals surface area (Å²) < 4.78 is 2.20. The topological polar surface area (TPSA) is 72.2 Å². The van der Waals surface area contributed by atoms with Gasteiger partial charge in [0.15, 0.2) is 5.16 Å². The summed E-state index contributed by atoms with van der Waals surface area (Å²) in [7, 11) is 0. The number of carbonyl (C=O) groups excluding carboxylic acids is 1. The van der Waals surface area contributed by atoms with Crippen molar-refractivity contribution in [2.45, 2.75) is 32.9 Å². The van der Waals surface area contributed by atoms with Gasteiger partial charge in [-0.2, -0.15) is 5.10 Å². The van der Waals surface area contributed by atoms with E-state index in [1.807, 2.05) is 32.0 Å². The molecule has 0 unspecified atom stereocenters. The van der Waals surface area contributed by atoms with Crippen molar-refractivity contribution in [1.82, 2.24) is 20.0 Å². The van der Waals surface area contributed by atoms with Crippen LogP contribution in [0.5, 0.6) is 0 Å². The highest BCUT2D eigenvalue weighted by Gasteiger charge is 2.10. The van der Waals surface area contributed by atoms with E-state index in [2.05, 4.69) is 75.3 Å². The molecular formula is C25H25N5OS. The van der Waals surface area contributed by atoms with Crippen LogP contribution in [0, 0.1) is 27.7 Å². The van der Waals surface area contributed by atoms with Crippen molar-refractivity contribution in [3.05, 3.63) is 82.9 Å². The molecule has 0 saturated heterocycles. The van der Waals surface area contributed by atoms with Gasteiger partial charge in [-0.15, -0.1) is 0 Å². The Morgan fingerprint density at radius 2 is 1.72 bits per heavy atom. The number of hydrogen-bond acceptors (Lipinski definition) is 5. The van der Waals surface area contributed by atoms with Crippen LogP contribution >= 0.6 is 11.8 Å². The number of hydrogen-bond donors (Lipinski definition) is 1. The number of amides is 1. The fourth-order valence-electron chi connectivity index (χ4n) is 3.73. The highest BCUT2D eigenvalue weighted by molar-refractivity contribution is 7.99. The first-order valence-corrected chi connectivity index (χ1v) is 11.3. The number of fused-ring (bicyclic) bond motifs is 1. The number of nitrogens with zero attached hydrogens (tertiary/aromatic N) is 4. The molecule has 0 aliphatic carbocycles. The number of carbonyl (C=O) groups is 1. The zero-order chi connectivity index (χ0) is 22.7. The summed E-state index contributed by atoms with van der Waals surface area (Å²) in [5.41, 5.74) is 8.61. The Morgan fingerprint density at radius 3 is 2.47 bits per heavy atom. The van der Waals surface area contributed by atoms with Gasteiger partial charge < -0.3 is 4.57 Å². The predicted octanol–water partition coefficient (Wildman–Crippen LogP) is 4.90. The fraction of sp³-hybridized carbons (Fsp3) is 0.200. The van der Waals surface area contributed by atoms with E-state index in [-0.39, 0.29) is 11.7 Å². The molecule has 1 amide bonds. The molecule has 2 heterocycles. The van der Waals surface area contributed by atoms with Crippen LogP contribution in [0.4, 0.5) is 0 Å². The summed E-state index contributed by atoms with van der Waals surface area (Å²) in [5, 5.41) is 7.17. The molecule has 32 heavy (non-hydrogen) atoms. The Labute approximate surface area is 191 Å². The lowest BCUT2D eigenvalue weighted by Gasteiger charge is -2.11. The van der Waals surface area contributed by atoms with E-state index >= 15 is 0 Å². The van der Waals surface area contributed by atoms with Gasteiger partial charge in [-0.05, 0) is 62.7 Å². The third-order valence-electron chi connectivity index (χ3n) is 5.15. The summed E-state index contributed by atoms with van der Waals surface area (Å²) in [6, 6.07) is 18.7. The summed E-state index contributed by atoms with van der Waals surface area (Å²) in [4.78, 5) is 20.8. The van der Waals surface area contributed by atoms with Gasteiger partial charge in [-0.3, -0.25) is 4.79 Å². The lowest BCUT2D eigenvalue weighted by molar-refractivity contribution is -0.118. The maximum Gasteiger partial charge on any atom is 0.250 e. The van der Waals surface area contributed by atoms with E-state index in [1.54, 1.807) is 6.21 Å². The first kappa shape index (κ1) is 21.8. The maximum atomic E-state index is 12.2. The van der Waals surface area contributed by atoms with Gasteiger partial charge in [0.25, 0.3) is 5.91 Å². The van der Waals surface area contributed by atoms with Gasteiger partial charge in [-0.1, -0.05) is 42.1 Å². The molecule has 0 fully saturated rings. The Balaban J connectivity index is 1.43. The minimum atomic E-state index is -0.197. The maximum absolute atomic E-state index is 12.2. The van der Waals surface area contributed by atoms with Gasteiger partial charge in [0.05, 0.1) is 12.0 Å². The van der Waals surface area contributed by atoms with Crippen molar-refractivity contribution in [1.29, 1.82) is 0 Å². The molecule has 0 spiro atoms. The normalized spacial score (nSPS) is 11.4. The predicted molar refractivity (Wildman–Crippen MR) is 131 cm³/mol. The molecule has 0 aliphatic heterocycles. The highest BCUT2D eigenvalue weighted by Crippen LogP contribution is 2.23. The molecule has 162 valence electrons. The van der Waals surface area contributed by atoms with Crippen LogP contribution in [0.3, 0.4) is 0 Å². The summed E-state index contributed by atoms with van der Waals surface area (Å²) in [6.07, 6.45) is 1.69. The zero-order valence-corrected chi connectivity index (χ0v) is 19.4. The molecule has 7 heteroatoms. The summed E-state index contributed by atoms with van der Waals surface area (Å²) >= 11 is 1.30. The minimum absolute atomic E-state index is 0.197. The Hall–Kier alpha value is -3.45. The monoisotopic (exact) mass is 443 g/mol. The second-order valence-electron chi connectivity index (χ2n) is 7.71. The molecule has 2 aromatic heterocycles. The van der Waals surface area contributed by atoms with Crippen LogP contribution in [0.1, 0.15) is 28.3 Å². The number of thioether (sulfide) groups is 1. The quantitative estimate of drug-likeness (QED) is 0.199.